The minimum atomic E-state index is -0.260. The van der Waals surface area contributed by atoms with Gasteiger partial charge in [-0.1, -0.05) is 49.4 Å². The summed E-state index contributed by atoms with van der Waals surface area (Å²) in [4.78, 5) is 30.2. The van der Waals surface area contributed by atoms with Crippen molar-refractivity contribution in [3.05, 3.63) is 87.3 Å². The van der Waals surface area contributed by atoms with Gasteiger partial charge in [-0.05, 0) is 31.0 Å². The van der Waals surface area contributed by atoms with E-state index in [0.29, 0.717) is 17.1 Å². The van der Waals surface area contributed by atoms with Crippen LogP contribution in [0, 0.1) is 6.92 Å². The third-order valence-electron chi connectivity index (χ3n) is 5.32. The second-order valence-corrected chi connectivity index (χ2v) is 8.21. The van der Waals surface area contributed by atoms with Crippen LogP contribution in [0.5, 0.6) is 0 Å². The highest BCUT2D eigenvalue weighted by molar-refractivity contribution is 7.13. The summed E-state index contributed by atoms with van der Waals surface area (Å²) in [5.74, 6) is -0.260. The molecule has 0 aliphatic heterocycles. The molecule has 0 aliphatic carbocycles. The van der Waals surface area contributed by atoms with E-state index in [1.807, 2.05) is 42.6 Å². The lowest BCUT2D eigenvalue weighted by Gasteiger charge is -2.07. The lowest BCUT2D eigenvalue weighted by atomic mass is 10.1. The fourth-order valence-corrected chi connectivity index (χ4v) is 4.29. The number of nitrogens with one attached hydrogen (secondary N) is 1. The normalized spacial score (nSPS) is 10.9. The quantitative estimate of drug-likeness (QED) is 0.492. The van der Waals surface area contributed by atoms with Crippen LogP contribution >= 0.6 is 11.3 Å². The molecule has 0 radical (unpaired) electrons. The van der Waals surface area contributed by atoms with E-state index in [1.54, 1.807) is 16.4 Å². The molecule has 0 fully saturated rings. The maximum Gasteiger partial charge on any atom is 0.295 e. The van der Waals surface area contributed by atoms with Crippen molar-refractivity contribution in [2.45, 2.75) is 26.7 Å². The number of aromatic nitrogens is 3. The lowest BCUT2D eigenvalue weighted by molar-refractivity contribution is -0.115. The van der Waals surface area contributed by atoms with E-state index in [1.165, 1.54) is 16.9 Å². The van der Waals surface area contributed by atoms with Crippen LogP contribution in [-0.2, 0) is 24.7 Å². The number of rotatable bonds is 6. The molecule has 0 atom stereocenters. The van der Waals surface area contributed by atoms with Crippen LogP contribution in [0.3, 0.4) is 0 Å². The molecular formula is C24H24N4O2S. The Morgan fingerprint density at radius 1 is 1.10 bits per heavy atom. The van der Waals surface area contributed by atoms with Crippen molar-refractivity contribution in [1.82, 2.24) is 14.3 Å². The number of hydrogen-bond acceptors (Lipinski definition) is 4. The molecule has 158 valence electrons. The van der Waals surface area contributed by atoms with E-state index in [-0.39, 0.29) is 17.9 Å². The van der Waals surface area contributed by atoms with Gasteiger partial charge in [-0.2, -0.15) is 0 Å². The van der Waals surface area contributed by atoms with Crippen molar-refractivity contribution in [1.29, 1.82) is 0 Å². The van der Waals surface area contributed by atoms with E-state index in [2.05, 4.69) is 41.5 Å². The first-order chi connectivity index (χ1) is 15.0. The van der Waals surface area contributed by atoms with E-state index in [4.69, 9.17) is 0 Å². The highest BCUT2D eigenvalue weighted by Gasteiger charge is 2.19. The smallest absolute Gasteiger partial charge is 0.295 e. The molecule has 2 heterocycles. The zero-order valence-electron chi connectivity index (χ0n) is 17.8. The number of amides is 1. The molecular weight excluding hydrogens is 408 g/mol. The summed E-state index contributed by atoms with van der Waals surface area (Å²) in [5.41, 5.74) is 4.48. The summed E-state index contributed by atoms with van der Waals surface area (Å²) in [6.07, 6.45) is 1.11. The van der Waals surface area contributed by atoms with Crippen molar-refractivity contribution in [2.75, 3.05) is 5.32 Å². The predicted molar refractivity (Wildman–Crippen MR) is 125 cm³/mol. The first-order valence-electron chi connectivity index (χ1n) is 10.2. The number of hydrogen-bond donors (Lipinski definition) is 1. The van der Waals surface area contributed by atoms with Gasteiger partial charge in [0.2, 0.25) is 5.91 Å². The molecule has 0 aliphatic rings. The van der Waals surface area contributed by atoms with E-state index >= 15 is 0 Å². The molecule has 4 rings (SSSR count). The molecule has 2 aromatic heterocycles. The number of benzene rings is 2. The molecule has 0 spiro atoms. The van der Waals surface area contributed by atoms with Crippen LogP contribution in [0.15, 0.2) is 64.8 Å². The molecule has 0 saturated heterocycles. The third-order valence-corrected chi connectivity index (χ3v) is 6.26. The summed E-state index contributed by atoms with van der Waals surface area (Å²) in [5, 5.41) is 5.57. The van der Waals surface area contributed by atoms with Crippen LogP contribution in [-0.4, -0.2) is 20.3 Å². The van der Waals surface area contributed by atoms with Gasteiger partial charge < -0.3 is 5.32 Å². The Balaban J connectivity index is 1.51. The van der Waals surface area contributed by atoms with Gasteiger partial charge in [0.1, 0.15) is 10.7 Å². The average molecular weight is 433 g/mol. The van der Waals surface area contributed by atoms with Crippen LogP contribution in [0.4, 0.5) is 5.69 Å². The van der Waals surface area contributed by atoms with E-state index in [0.717, 1.165) is 22.7 Å². The highest BCUT2D eigenvalue weighted by Crippen LogP contribution is 2.24. The van der Waals surface area contributed by atoms with Gasteiger partial charge in [0, 0.05) is 18.0 Å². The summed E-state index contributed by atoms with van der Waals surface area (Å²) in [6.45, 7) is 3.94. The summed E-state index contributed by atoms with van der Waals surface area (Å²) >= 11 is 1.51. The zero-order valence-corrected chi connectivity index (χ0v) is 18.6. The standard InChI is InChI=1S/C24H24N4O2S/c1-4-17-10-12-18(13-11-17)23-25-19(15-31-23)14-21(29)26-22-16(2)27(3)28(24(22)30)20-8-6-5-7-9-20/h5-13,15H,4,14H2,1-3H3,(H,26,29). The summed E-state index contributed by atoms with van der Waals surface area (Å²) < 4.78 is 3.29. The molecule has 2 aromatic carbocycles. The second kappa shape index (κ2) is 8.73. The molecule has 0 saturated carbocycles. The maximum atomic E-state index is 13.0. The Morgan fingerprint density at radius 3 is 2.48 bits per heavy atom. The summed E-state index contributed by atoms with van der Waals surface area (Å²) in [7, 11) is 1.80. The lowest BCUT2D eigenvalue weighted by Crippen LogP contribution is -2.23. The monoisotopic (exact) mass is 432 g/mol. The van der Waals surface area contributed by atoms with Gasteiger partial charge in [0.15, 0.2) is 0 Å². The molecule has 1 amide bonds. The van der Waals surface area contributed by atoms with Crippen LogP contribution in [0.1, 0.15) is 23.9 Å². The second-order valence-electron chi connectivity index (χ2n) is 7.36. The highest BCUT2D eigenvalue weighted by atomic mass is 32.1. The molecule has 0 unspecified atom stereocenters. The van der Waals surface area contributed by atoms with Crippen molar-refractivity contribution in [2.24, 2.45) is 7.05 Å². The number of carbonyl (C=O) groups is 1. The van der Waals surface area contributed by atoms with E-state index < -0.39 is 0 Å². The molecule has 4 aromatic rings. The largest absolute Gasteiger partial charge is 0.320 e. The topological polar surface area (TPSA) is 68.9 Å². The SMILES string of the molecule is CCc1ccc(-c2nc(CC(=O)Nc3c(C)n(C)n(-c4ccccc4)c3=O)cs2)cc1. The van der Waals surface area contributed by atoms with Gasteiger partial charge in [0.05, 0.1) is 23.5 Å². The van der Waals surface area contributed by atoms with Gasteiger partial charge in [-0.3, -0.25) is 14.3 Å². The first kappa shape index (κ1) is 20.8. The fraction of sp³-hybridized carbons (Fsp3) is 0.208. The predicted octanol–water partition coefficient (Wildman–Crippen LogP) is 4.35. The van der Waals surface area contributed by atoms with Gasteiger partial charge in [0.25, 0.3) is 5.56 Å². The first-order valence-corrected chi connectivity index (χ1v) is 11.0. The number of para-hydroxylation sites is 1. The zero-order chi connectivity index (χ0) is 22.0. The Labute approximate surface area is 184 Å². The van der Waals surface area contributed by atoms with Gasteiger partial charge in [-0.25, -0.2) is 9.67 Å². The van der Waals surface area contributed by atoms with Crippen LogP contribution < -0.4 is 10.9 Å². The minimum absolute atomic E-state index is 0.114. The molecule has 31 heavy (non-hydrogen) atoms. The molecule has 6 nitrogen and oxygen atoms in total. The van der Waals surface area contributed by atoms with Crippen LogP contribution in [0.25, 0.3) is 16.3 Å². The molecule has 0 bridgehead atoms. The number of nitrogens with zero attached hydrogens (tertiary/aromatic N) is 3. The molecule has 1 N–H and O–H groups in total. The van der Waals surface area contributed by atoms with Crippen molar-refractivity contribution >= 4 is 22.9 Å². The maximum absolute atomic E-state index is 13.0. The number of thiazole rings is 1. The fourth-order valence-electron chi connectivity index (χ4n) is 3.46. The van der Waals surface area contributed by atoms with E-state index in [9.17, 15) is 9.59 Å². The van der Waals surface area contributed by atoms with Crippen molar-refractivity contribution in [3.8, 4) is 16.3 Å². The van der Waals surface area contributed by atoms with Gasteiger partial charge in [-0.15, -0.1) is 11.3 Å². The third kappa shape index (κ3) is 4.22. The Kier molecular flexibility index (Phi) is 5.86. The molecule has 7 heteroatoms. The Morgan fingerprint density at radius 2 is 1.81 bits per heavy atom. The van der Waals surface area contributed by atoms with Gasteiger partial charge >= 0.3 is 0 Å². The average Bonchev–Trinajstić information content (AvgIpc) is 3.33. The van der Waals surface area contributed by atoms with Crippen molar-refractivity contribution in [3.63, 3.8) is 0 Å². The van der Waals surface area contributed by atoms with Crippen molar-refractivity contribution < 1.29 is 4.79 Å². The summed E-state index contributed by atoms with van der Waals surface area (Å²) in [6, 6.07) is 17.7. The Bertz CT molecular complexity index is 1270. The Hall–Kier alpha value is -3.45. The number of carbonyl (C=O) groups excluding carboxylic acids is 1. The van der Waals surface area contributed by atoms with Crippen LogP contribution in [0.2, 0.25) is 0 Å². The number of aryl methyl sites for hydroxylation is 1. The number of anilines is 1. The minimum Gasteiger partial charge on any atom is -0.320 e.